The van der Waals surface area contributed by atoms with Gasteiger partial charge in [0.05, 0.1) is 6.61 Å². The molecule has 0 aromatic carbocycles. The summed E-state index contributed by atoms with van der Waals surface area (Å²) in [7, 11) is 0. The molecular weight excluding hydrogens is 208 g/mol. The molecule has 0 radical (unpaired) electrons. The van der Waals surface area contributed by atoms with E-state index >= 15 is 0 Å². The summed E-state index contributed by atoms with van der Waals surface area (Å²) in [5, 5.41) is 0. The molecule has 1 rings (SSSR count). The summed E-state index contributed by atoms with van der Waals surface area (Å²) in [5.74, 6) is -1.34. The third-order valence-electron chi connectivity index (χ3n) is 1.44. The molecule has 0 amide bonds. The number of hydrogen-bond acceptors (Lipinski definition) is 5. The average molecular weight is 224 g/mol. The van der Waals surface area contributed by atoms with Gasteiger partial charge in [0, 0.05) is 18.8 Å². The third-order valence-corrected chi connectivity index (χ3v) is 1.44. The van der Waals surface area contributed by atoms with Gasteiger partial charge in [-0.2, -0.15) is 0 Å². The van der Waals surface area contributed by atoms with Crippen LogP contribution in [0.4, 0.5) is 0 Å². The molecule has 5 heteroatoms. The Morgan fingerprint density at radius 1 is 1.25 bits per heavy atom. The van der Waals surface area contributed by atoms with Crippen molar-refractivity contribution in [2.45, 2.75) is 13.3 Å². The second-order valence-electron chi connectivity index (χ2n) is 2.71. The standard InChI is InChI=1S/C6H11NO3.C5H5N/c1-2-10-6(9)5(8)3-4-7;1-2-4-6-5-3-1/h2-4,7H2,1H3;1-5H. The average Bonchev–Trinajstić information content (AvgIpc) is 2.33. The second-order valence-corrected chi connectivity index (χ2v) is 2.71. The smallest absolute Gasteiger partial charge is 0.374 e. The summed E-state index contributed by atoms with van der Waals surface area (Å²) >= 11 is 0. The van der Waals surface area contributed by atoms with Crippen molar-refractivity contribution in [2.75, 3.05) is 13.2 Å². The monoisotopic (exact) mass is 224 g/mol. The SMILES string of the molecule is CCOC(=O)C(=O)CCN.c1ccncc1. The molecule has 0 aliphatic carbocycles. The Hall–Kier alpha value is -1.75. The molecule has 1 aromatic rings. The summed E-state index contributed by atoms with van der Waals surface area (Å²) < 4.78 is 4.41. The molecule has 0 fully saturated rings. The number of ether oxygens (including phenoxy) is 1. The number of hydrogen-bond donors (Lipinski definition) is 1. The molecule has 0 spiro atoms. The zero-order chi connectivity index (χ0) is 12.2. The minimum atomic E-state index is -0.784. The van der Waals surface area contributed by atoms with Crippen LogP contribution in [0.1, 0.15) is 13.3 Å². The fraction of sp³-hybridized carbons (Fsp3) is 0.364. The van der Waals surface area contributed by atoms with Crippen molar-refractivity contribution in [1.82, 2.24) is 4.98 Å². The Morgan fingerprint density at radius 3 is 2.19 bits per heavy atom. The lowest BCUT2D eigenvalue weighted by molar-refractivity contribution is -0.153. The van der Waals surface area contributed by atoms with Crippen LogP contribution in [0.3, 0.4) is 0 Å². The zero-order valence-corrected chi connectivity index (χ0v) is 9.26. The van der Waals surface area contributed by atoms with E-state index < -0.39 is 11.8 Å². The van der Waals surface area contributed by atoms with Gasteiger partial charge in [-0.25, -0.2) is 4.79 Å². The number of pyridine rings is 1. The molecule has 0 saturated carbocycles. The number of esters is 1. The fourth-order valence-corrected chi connectivity index (χ4v) is 0.757. The van der Waals surface area contributed by atoms with Gasteiger partial charge in [-0.3, -0.25) is 9.78 Å². The Morgan fingerprint density at radius 2 is 1.88 bits per heavy atom. The molecule has 0 bridgehead atoms. The van der Waals surface area contributed by atoms with Crippen LogP contribution in [0.2, 0.25) is 0 Å². The number of rotatable bonds is 4. The van der Waals surface area contributed by atoms with Crippen LogP contribution in [-0.4, -0.2) is 29.9 Å². The van der Waals surface area contributed by atoms with Crippen molar-refractivity contribution in [3.05, 3.63) is 30.6 Å². The van der Waals surface area contributed by atoms with Gasteiger partial charge in [0.1, 0.15) is 0 Å². The second kappa shape index (κ2) is 9.79. The van der Waals surface area contributed by atoms with Gasteiger partial charge in [0.2, 0.25) is 5.78 Å². The number of carbonyl (C=O) groups excluding carboxylic acids is 2. The fourth-order valence-electron chi connectivity index (χ4n) is 0.757. The summed E-state index contributed by atoms with van der Waals surface area (Å²) in [6.07, 6.45) is 3.57. The van der Waals surface area contributed by atoms with E-state index in [0.717, 1.165) is 0 Å². The van der Waals surface area contributed by atoms with Crippen molar-refractivity contribution in [2.24, 2.45) is 5.73 Å². The highest BCUT2D eigenvalue weighted by Crippen LogP contribution is 1.84. The van der Waals surface area contributed by atoms with Crippen molar-refractivity contribution in [3.8, 4) is 0 Å². The lowest BCUT2D eigenvalue weighted by atomic mass is 10.3. The maximum Gasteiger partial charge on any atom is 0.374 e. The highest BCUT2D eigenvalue weighted by molar-refractivity contribution is 6.33. The van der Waals surface area contributed by atoms with E-state index in [1.807, 2.05) is 18.2 Å². The van der Waals surface area contributed by atoms with Gasteiger partial charge in [-0.15, -0.1) is 0 Å². The van der Waals surface area contributed by atoms with Crippen molar-refractivity contribution in [3.63, 3.8) is 0 Å². The maximum atomic E-state index is 10.6. The minimum Gasteiger partial charge on any atom is -0.460 e. The summed E-state index contributed by atoms with van der Waals surface area (Å²) in [6, 6.07) is 5.72. The first-order valence-corrected chi connectivity index (χ1v) is 4.97. The van der Waals surface area contributed by atoms with Crippen LogP contribution in [0.25, 0.3) is 0 Å². The van der Waals surface area contributed by atoms with Crippen LogP contribution in [0, 0.1) is 0 Å². The minimum absolute atomic E-state index is 0.0683. The molecule has 88 valence electrons. The van der Waals surface area contributed by atoms with Crippen molar-refractivity contribution >= 4 is 11.8 Å². The summed E-state index contributed by atoms with van der Waals surface area (Å²) in [5.41, 5.74) is 5.03. The molecule has 16 heavy (non-hydrogen) atoms. The molecule has 2 N–H and O–H groups in total. The van der Waals surface area contributed by atoms with Crippen LogP contribution in [-0.2, 0) is 14.3 Å². The lowest BCUT2D eigenvalue weighted by Crippen LogP contribution is -2.20. The van der Waals surface area contributed by atoms with Crippen molar-refractivity contribution < 1.29 is 14.3 Å². The van der Waals surface area contributed by atoms with Crippen LogP contribution >= 0.6 is 0 Å². The van der Waals surface area contributed by atoms with E-state index in [0.29, 0.717) is 0 Å². The third kappa shape index (κ3) is 7.64. The Kier molecular flexibility index (Phi) is 8.72. The van der Waals surface area contributed by atoms with Crippen LogP contribution < -0.4 is 5.73 Å². The highest BCUT2D eigenvalue weighted by atomic mass is 16.5. The van der Waals surface area contributed by atoms with E-state index in [-0.39, 0.29) is 19.6 Å². The Balaban J connectivity index is 0.000000315. The number of nitrogens with zero attached hydrogens (tertiary/aromatic N) is 1. The van der Waals surface area contributed by atoms with Gasteiger partial charge in [-0.05, 0) is 25.6 Å². The van der Waals surface area contributed by atoms with E-state index in [1.54, 1.807) is 19.3 Å². The molecule has 0 aliphatic heterocycles. The van der Waals surface area contributed by atoms with Gasteiger partial charge in [0.15, 0.2) is 0 Å². The first-order valence-electron chi connectivity index (χ1n) is 4.97. The Labute approximate surface area is 94.6 Å². The van der Waals surface area contributed by atoms with E-state index in [2.05, 4.69) is 9.72 Å². The molecule has 0 aliphatic rings. The molecule has 0 saturated heterocycles. The molecular formula is C11H16N2O3. The van der Waals surface area contributed by atoms with Crippen LogP contribution in [0.5, 0.6) is 0 Å². The first kappa shape index (κ1) is 14.2. The zero-order valence-electron chi connectivity index (χ0n) is 9.26. The normalized spacial score (nSPS) is 8.62. The quantitative estimate of drug-likeness (QED) is 0.596. The number of Topliss-reactive ketones (excluding diaryl/α,β-unsaturated/α-hetero) is 1. The number of carbonyl (C=O) groups is 2. The van der Waals surface area contributed by atoms with Gasteiger partial charge in [-0.1, -0.05) is 6.07 Å². The molecule has 1 heterocycles. The maximum absolute atomic E-state index is 10.6. The van der Waals surface area contributed by atoms with Gasteiger partial charge in [0.25, 0.3) is 0 Å². The lowest BCUT2D eigenvalue weighted by Gasteiger charge is -1.97. The van der Waals surface area contributed by atoms with Gasteiger partial charge >= 0.3 is 5.97 Å². The topological polar surface area (TPSA) is 82.3 Å². The number of nitrogens with two attached hydrogens (primary N) is 1. The predicted octanol–water partition coefficient (Wildman–Crippen LogP) is 0.549. The van der Waals surface area contributed by atoms with E-state index in [9.17, 15) is 9.59 Å². The molecule has 0 unspecified atom stereocenters. The Bertz CT molecular complexity index is 259. The van der Waals surface area contributed by atoms with Crippen molar-refractivity contribution in [1.29, 1.82) is 0 Å². The highest BCUT2D eigenvalue weighted by Gasteiger charge is 2.12. The summed E-state index contributed by atoms with van der Waals surface area (Å²) in [6.45, 7) is 2.07. The number of aromatic nitrogens is 1. The largest absolute Gasteiger partial charge is 0.460 e. The molecule has 1 aromatic heterocycles. The van der Waals surface area contributed by atoms with E-state index in [1.165, 1.54) is 0 Å². The first-order chi connectivity index (χ1) is 7.72. The predicted molar refractivity (Wildman–Crippen MR) is 59.5 cm³/mol. The van der Waals surface area contributed by atoms with E-state index in [4.69, 9.17) is 5.73 Å². The van der Waals surface area contributed by atoms with Gasteiger partial charge < -0.3 is 10.5 Å². The van der Waals surface area contributed by atoms with Crippen LogP contribution in [0.15, 0.2) is 30.6 Å². The molecule has 0 atom stereocenters. The number of ketones is 1. The molecule has 5 nitrogen and oxygen atoms in total. The summed E-state index contributed by atoms with van der Waals surface area (Å²) in [4.78, 5) is 24.9.